The van der Waals surface area contributed by atoms with Crippen molar-refractivity contribution in [2.24, 2.45) is 0 Å². The van der Waals surface area contributed by atoms with Crippen molar-refractivity contribution in [2.45, 2.75) is 31.9 Å². The number of anilines is 1. The van der Waals surface area contributed by atoms with Crippen molar-refractivity contribution in [3.8, 4) is 0 Å². The van der Waals surface area contributed by atoms with Crippen LogP contribution in [-0.2, 0) is 25.5 Å². The van der Waals surface area contributed by atoms with Gasteiger partial charge in [-0.25, -0.2) is 4.90 Å². The van der Waals surface area contributed by atoms with Crippen LogP contribution in [0.4, 0.5) is 5.13 Å². The molecule has 2 rings (SSSR count). The molecule has 1 aliphatic heterocycles. The maximum absolute atomic E-state index is 12.3. The van der Waals surface area contributed by atoms with Crippen molar-refractivity contribution < 1.29 is 19.1 Å². The molecule has 1 saturated heterocycles. The Morgan fingerprint density at radius 3 is 2.81 bits per heavy atom. The average Bonchev–Trinajstić information content (AvgIpc) is 3.01. The number of carbonyl (C=O) groups excluding carboxylic acids is 3. The minimum absolute atomic E-state index is 0.0572. The maximum atomic E-state index is 12.3. The lowest BCUT2D eigenvalue weighted by Gasteiger charge is -2.10. The molecule has 114 valence electrons. The minimum atomic E-state index is -0.559. The lowest BCUT2D eigenvalue weighted by molar-refractivity contribution is -0.139. The fraction of sp³-hybridized carbons (Fsp3) is 0.583. The van der Waals surface area contributed by atoms with E-state index >= 15 is 0 Å². The van der Waals surface area contributed by atoms with Crippen LogP contribution < -0.4 is 4.90 Å². The highest BCUT2D eigenvalue weighted by molar-refractivity contribution is 8.01. The summed E-state index contributed by atoms with van der Waals surface area (Å²) in [5.41, 5.74) is 0. The number of aromatic nitrogens is 2. The number of rotatable bonds is 6. The van der Waals surface area contributed by atoms with Gasteiger partial charge in [-0.3, -0.25) is 14.4 Å². The third kappa shape index (κ3) is 3.59. The molecule has 0 bridgehead atoms. The Balaban J connectivity index is 2.01. The van der Waals surface area contributed by atoms with Crippen LogP contribution in [0.5, 0.6) is 0 Å². The highest BCUT2D eigenvalue weighted by Crippen LogP contribution is 2.31. The van der Waals surface area contributed by atoms with E-state index in [-0.39, 0.29) is 30.0 Å². The molecule has 1 aromatic heterocycles. The van der Waals surface area contributed by atoms with Gasteiger partial charge in [-0.05, 0) is 13.3 Å². The van der Waals surface area contributed by atoms with Crippen molar-refractivity contribution >= 4 is 46.0 Å². The molecule has 1 unspecified atom stereocenters. The Hall–Kier alpha value is -1.48. The van der Waals surface area contributed by atoms with Crippen LogP contribution in [0.2, 0.25) is 0 Å². The molecule has 2 heterocycles. The van der Waals surface area contributed by atoms with Gasteiger partial charge in [-0.2, -0.15) is 0 Å². The van der Waals surface area contributed by atoms with E-state index in [0.29, 0.717) is 18.2 Å². The van der Waals surface area contributed by atoms with Crippen LogP contribution in [0.3, 0.4) is 0 Å². The first-order chi connectivity index (χ1) is 10.1. The second kappa shape index (κ2) is 6.99. The van der Waals surface area contributed by atoms with Crippen molar-refractivity contribution in [1.29, 1.82) is 0 Å². The van der Waals surface area contributed by atoms with E-state index in [2.05, 4.69) is 10.2 Å². The predicted molar refractivity (Wildman–Crippen MR) is 79.3 cm³/mol. The van der Waals surface area contributed by atoms with Crippen molar-refractivity contribution in [3.63, 3.8) is 0 Å². The zero-order valence-corrected chi connectivity index (χ0v) is 13.3. The van der Waals surface area contributed by atoms with Gasteiger partial charge < -0.3 is 4.74 Å². The summed E-state index contributed by atoms with van der Waals surface area (Å²) in [6, 6.07) is 0. The molecule has 1 aliphatic rings. The Bertz CT molecular complexity index is 560. The second-order valence-electron chi connectivity index (χ2n) is 4.21. The second-order valence-corrected chi connectivity index (χ2v) is 6.44. The summed E-state index contributed by atoms with van der Waals surface area (Å²) in [5.74, 6) is -0.972. The molecule has 0 aromatic carbocycles. The van der Waals surface area contributed by atoms with Crippen LogP contribution in [-0.4, -0.2) is 45.6 Å². The SMILES string of the molecule is CCOC(=O)CSC1CC(=O)N(c2nnc(CC)s2)C1=O. The number of amides is 2. The molecule has 0 saturated carbocycles. The molecule has 0 aliphatic carbocycles. The highest BCUT2D eigenvalue weighted by Gasteiger charge is 2.41. The van der Waals surface area contributed by atoms with Gasteiger partial charge in [-0.1, -0.05) is 18.3 Å². The number of ether oxygens (including phenoxy) is 1. The van der Waals surface area contributed by atoms with Crippen LogP contribution in [0.15, 0.2) is 0 Å². The molecule has 0 spiro atoms. The summed E-state index contributed by atoms with van der Waals surface area (Å²) >= 11 is 2.36. The van der Waals surface area contributed by atoms with Crippen molar-refractivity contribution in [2.75, 3.05) is 17.3 Å². The molecule has 1 aromatic rings. The topological polar surface area (TPSA) is 89.5 Å². The molecule has 9 heteroatoms. The lowest BCUT2D eigenvalue weighted by Crippen LogP contribution is -2.31. The number of carbonyl (C=O) groups is 3. The van der Waals surface area contributed by atoms with Crippen LogP contribution in [0, 0.1) is 0 Å². The van der Waals surface area contributed by atoms with Crippen molar-refractivity contribution in [1.82, 2.24) is 10.2 Å². The van der Waals surface area contributed by atoms with E-state index in [9.17, 15) is 14.4 Å². The third-order valence-electron chi connectivity index (χ3n) is 2.76. The van der Waals surface area contributed by atoms with Gasteiger partial charge in [0.15, 0.2) is 0 Å². The summed E-state index contributed by atoms with van der Waals surface area (Å²) in [7, 11) is 0. The Labute approximate surface area is 130 Å². The summed E-state index contributed by atoms with van der Waals surface area (Å²) < 4.78 is 4.80. The van der Waals surface area contributed by atoms with E-state index in [4.69, 9.17) is 4.74 Å². The van der Waals surface area contributed by atoms with Gasteiger partial charge in [0.05, 0.1) is 17.6 Å². The minimum Gasteiger partial charge on any atom is -0.465 e. The zero-order chi connectivity index (χ0) is 15.4. The van der Waals surface area contributed by atoms with Gasteiger partial charge in [0.1, 0.15) is 5.01 Å². The van der Waals surface area contributed by atoms with Crippen molar-refractivity contribution in [3.05, 3.63) is 5.01 Å². The van der Waals surface area contributed by atoms with E-state index in [0.717, 1.165) is 21.7 Å². The van der Waals surface area contributed by atoms with Gasteiger partial charge >= 0.3 is 5.97 Å². The summed E-state index contributed by atoms with van der Waals surface area (Å²) in [6.07, 6.45) is 0.777. The maximum Gasteiger partial charge on any atom is 0.315 e. The van der Waals surface area contributed by atoms with Crippen LogP contribution >= 0.6 is 23.1 Å². The Kier molecular flexibility index (Phi) is 5.29. The highest BCUT2D eigenvalue weighted by atomic mass is 32.2. The average molecular weight is 329 g/mol. The number of hydrogen-bond acceptors (Lipinski definition) is 8. The first-order valence-corrected chi connectivity index (χ1v) is 8.39. The number of esters is 1. The fourth-order valence-electron chi connectivity index (χ4n) is 1.78. The molecule has 1 fully saturated rings. The predicted octanol–water partition coefficient (Wildman–Crippen LogP) is 1.03. The third-order valence-corrected chi connectivity index (χ3v) is 4.99. The Morgan fingerprint density at radius 1 is 1.43 bits per heavy atom. The van der Waals surface area contributed by atoms with E-state index < -0.39 is 5.25 Å². The monoisotopic (exact) mass is 329 g/mol. The number of hydrogen-bond donors (Lipinski definition) is 0. The first kappa shape index (κ1) is 15.9. The molecule has 21 heavy (non-hydrogen) atoms. The normalized spacial score (nSPS) is 18.4. The molecule has 0 N–H and O–H groups in total. The summed E-state index contributed by atoms with van der Waals surface area (Å²) in [6.45, 7) is 3.94. The largest absolute Gasteiger partial charge is 0.465 e. The number of nitrogens with zero attached hydrogens (tertiary/aromatic N) is 3. The molecular weight excluding hydrogens is 314 g/mol. The fourth-order valence-corrected chi connectivity index (χ4v) is 3.51. The van der Waals surface area contributed by atoms with E-state index in [1.54, 1.807) is 6.92 Å². The molecule has 7 nitrogen and oxygen atoms in total. The first-order valence-electron chi connectivity index (χ1n) is 6.53. The van der Waals surface area contributed by atoms with Gasteiger partial charge in [0, 0.05) is 6.42 Å². The zero-order valence-electron chi connectivity index (χ0n) is 11.7. The van der Waals surface area contributed by atoms with Gasteiger partial charge in [-0.15, -0.1) is 22.0 Å². The number of aryl methyl sites for hydroxylation is 1. The standard InChI is InChI=1S/C12H15N3O4S2/c1-3-8-13-14-12(21-8)15-9(16)5-7(11(15)18)20-6-10(17)19-4-2/h7H,3-6H2,1-2H3. The number of imide groups is 1. The molecule has 0 radical (unpaired) electrons. The van der Waals surface area contributed by atoms with E-state index in [1.807, 2.05) is 6.92 Å². The van der Waals surface area contributed by atoms with Crippen LogP contribution in [0.25, 0.3) is 0 Å². The Morgan fingerprint density at radius 2 is 2.19 bits per heavy atom. The molecule has 1 atom stereocenters. The molecular formula is C12H15N3O4S2. The summed E-state index contributed by atoms with van der Waals surface area (Å²) in [5, 5.41) is 8.31. The van der Waals surface area contributed by atoms with Crippen LogP contribution in [0.1, 0.15) is 25.3 Å². The quantitative estimate of drug-likeness (QED) is 0.569. The summed E-state index contributed by atoms with van der Waals surface area (Å²) in [4.78, 5) is 36.6. The van der Waals surface area contributed by atoms with Gasteiger partial charge in [0.25, 0.3) is 0 Å². The lowest BCUT2D eigenvalue weighted by atomic mass is 10.4. The van der Waals surface area contributed by atoms with Gasteiger partial charge in [0.2, 0.25) is 16.9 Å². The smallest absolute Gasteiger partial charge is 0.315 e. The van der Waals surface area contributed by atoms with E-state index in [1.165, 1.54) is 11.3 Å². The number of thioether (sulfide) groups is 1. The molecule has 2 amide bonds.